The van der Waals surface area contributed by atoms with Crippen LogP contribution < -0.4 is 9.47 Å². The summed E-state index contributed by atoms with van der Waals surface area (Å²) < 4.78 is 10.7. The molecular formula is C15H10N2O2. The summed E-state index contributed by atoms with van der Waals surface area (Å²) in [4.78, 5) is 0. The molecule has 4 nitrogen and oxygen atoms in total. The van der Waals surface area contributed by atoms with Gasteiger partial charge in [0.25, 0.3) is 0 Å². The van der Waals surface area contributed by atoms with Gasteiger partial charge in [-0.2, -0.15) is 10.5 Å². The summed E-state index contributed by atoms with van der Waals surface area (Å²) in [6.07, 6.45) is 0. The highest BCUT2D eigenvalue weighted by atomic mass is 16.5. The molecule has 0 atom stereocenters. The van der Waals surface area contributed by atoms with E-state index in [1.807, 2.05) is 12.1 Å². The zero-order valence-corrected chi connectivity index (χ0v) is 10.3. The SMILES string of the molecule is COc1ccc(Oc2cccc(C#N)c2C#N)cc1. The third-order valence-electron chi connectivity index (χ3n) is 2.55. The Morgan fingerprint density at radius 3 is 2.16 bits per heavy atom. The van der Waals surface area contributed by atoms with E-state index in [-0.39, 0.29) is 5.56 Å². The van der Waals surface area contributed by atoms with Crippen LogP contribution in [0.15, 0.2) is 42.5 Å². The molecule has 92 valence electrons. The minimum absolute atomic E-state index is 0.237. The lowest BCUT2D eigenvalue weighted by atomic mass is 10.1. The number of methoxy groups -OCH3 is 1. The first-order chi connectivity index (χ1) is 9.28. The second kappa shape index (κ2) is 5.57. The lowest BCUT2D eigenvalue weighted by Gasteiger charge is -2.08. The van der Waals surface area contributed by atoms with Crippen LogP contribution in [0.25, 0.3) is 0 Å². The molecule has 0 fully saturated rings. The van der Waals surface area contributed by atoms with E-state index < -0.39 is 0 Å². The fourth-order valence-electron chi connectivity index (χ4n) is 1.60. The van der Waals surface area contributed by atoms with E-state index in [4.69, 9.17) is 20.0 Å². The topological polar surface area (TPSA) is 66.0 Å². The molecule has 0 radical (unpaired) electrons. The molecule has 19 heavy (non-hydrogen) atoms. The van der Waals surface area contributed by atoms with Crippen molar-refractivity contribution in [1.29, 1.82) is 10.5 Å². The third-order valence-corrected chi connectivity index (χ3v) is 2.55. The molecule has 0 N–H and O–H groups in total. The maximum Gasteiger partial charge on any atom is 0.146 e. The Balaban J connectivity index is 2.33. The van der Waals surface area contributed by atoms with Gasteiger partial charge in [0.15, 0.2) is 0 Å². The molecule has 4 heteroatoms. The van der Waals surface area contributed by atoms with Gasteiger partial charge in [-0.25, -0.2) is 0 Å². The summed E-state index contributed by atoms with van der Waals surface area (Å²) in [5.74, 6) is 1.66. The number of rotatable bonds is 3. The average Bonchev–Trinajstić information content (AvgIpc) is 2.47. The maximum atomic E-state index is 9.09. The summed E-state index contributed by atoms with van der Waals surface area (Å²) in [7, 11) is 1.58. The van der Waals surface area contributed by atoms with E-state index in [2.05, 4.69) is 0 Å². The molecule has 0 amide bonds. The van der Waals surface area contributed by atoms with Crippen LogP contribution in [-0.4, -0.2) is 7.11 Å². The number of hydrogen-bond acceptors (Lipinski definition) is 4. The summed E-state index contributed by atoms with van der Waals surface area (Å²) in [6.45, 7) is 0. The van der Waals surface area contributed by atoms with Crippen LogP contribution in [0, 0.1) is 22.7 Å². The molecule has 2 rings (SSSR count). The predicted molar refractivity (Wildman–Crippen MR) is 68.9 cm³/mol. The van der Waals surface area contributed by atoms with Gasteiger partial charge in [0, 0.05) is 0 Å². The zero-order valence-electron chi connectivity index (χ0n) is 10.3. The van der Waals surface area contributed by atoms with Gasteiger partial charge in [-0.1, -0.05) is 6.07 Å². The molecule has 0 aromatic heterocycles. The van der Waals surface area contributed by atoms with Gasteiger partial charge in [-0.15, -0.1) is 0 Å². The van der Waals surface area contributed by atoms with Crippen LogP contribution >= 0.6 is 0 Å². The molecule has 2 aromatic rings. The van der Waals surface area contributed by atoms with Gasteiger partial charge in [-0.05, 0) is 36.4 Å². The Labute approximate surface area is 111 Å². The van der Waals surface area contributed by atoms with Gasteiger partial charge in [0.05, 0.1) is 12.7 Å². The summed E-state index contributed by atoms with van der Waals surface area (Å²) in [6, 6.07) is 15.9. The van der Waals surface area contributed by atoms with Gasteiger partial charge in [-0.3, -0.25) is 0 Å². The van der Waals surface area contributed by atoms with Crippen molar-refractivity contribution >= 4 is 0 Å². The largest absolute Gasteiger partial charge is 0.497 e. The molecule has 2 aromatic carbocycles. The van der Waals surface area contributed by atoms with E-state index in [1.54, 1.807) is 49.6 Å². The molecule has 0 heterocycles. The Hall–Kier alpha value is -2.98. The highest BCUT2D eigenvalue weighted by Gasteiger charge is 2.09. The molecule has 0 unspecified atom stereocenters. The van der Waals surface area contributed by atoms with Crippen molar-refractivity contribution in [2.45, 2.75) is 0 Å². The molecule has 0 saturated carbocycles. The van der Waals surface area contributed by atoms with E-state index in [1.165, 1.54) is 0 Å². The molecule has 0 spiro atoms. The lowest BCUT2D eigenvalue weighted by Crippen LogP contribution is -1.91. The first-order valence-electron chi connectivity index (χ1n) is 5.53. The van der Waals surface area contributed by atoms with Gasteiger partial charge in [0.2, 0.25) is 0 Å². The first-order valence-corrected chi connectivity index (χ1v) is 5.53. The number of nitrogens with zero attached hydrogens (tertiary/aromatic N) is 2. The first kappa shape index (κ1) is 12.5. The Kier molecular flexibility index (Phi) is 3.66. The Morgan fingerprint density at radius 1 is 0.895 bits per heavy atom. The van der Waals surface area contributed by atoms with Crippen LogP contribution in [0.5, 0.6) is 17.2 Å². The molecule has 0 aliphatic carbocycles. The van der Waals surface area contributed by atoms with Crippen LogP contribution in [0.2, 0.25) is 0 Å². The number of benzene rings is 2. The van der Waals surface area contributed by atoms with Crippen molar-refractivity contribution in [3.8, 4) is 29.4 Å². The maximum absolute atomic E-state index is 9.09. The van der Waals surface area contributed by atoms with Gasteiger partial charge >= 0.3 is 0 Å². The minimum Gasteiger partial charge on any atom is -0.497 e. The molecule has 0 saturated heterocycles. The van der Waals surface area contributed by atoms with Crippen LogP contribution in [0.3, 0.4) is 0 Å². The molecule has 0 aliphatic heterocycles. The minimum atomic E-state index is 0.237. The number of ether oxygens (including phenoxy) is 2. The summed E-state index contributed by atoms with van der Waals surface area (Å²) >= 11 is 0. The lowest BCUT2D eigenvalue weighted by molar-refractivity contribution is 0.413. The second-order valence-electron chi connectivity index (χ2n) is 3.68. The zero-order chi connectivity index (χ0) is 13.7. The van der Waals surface area contributed by atoms with E-state index in [0.717, 1.165) is 5.75 Å². The van der Waals surface area contributed by atoms with Gasteiger partial charge in [0.1, 0.15) is 35.0 Å². The average molecular weight is 250 g/mol. The number of hydrogen-bond donors (Lipinski definition) is 0. The van der Waals surface area contributed by atoms with Crippen LogP contribution in [0.4, 0.5) is 0 Å². The molecule has 0 aliphatic rings. The van der Waals surface area contributed by atoms with Crippen molar-refractivity contribution in [2.75, 3.05) is 7.11 Å². The fourth-order valence-corrected chi connectivity index (χ4v) is 1.60. The Bertz CT molecular complexity index is 664. The summed E-state index contributed by atoms with van der Waals surface area (Å²) in [5, 5.41) is 18.0. The van der Waals surface area contributed by atoms with Crippen LogP contribution in [-0.2, 0) is 0 Å². The predicted octanol–water partition coefficient (Wildman–Crippen LogP) is 3.23. The highest BCUT2D eigenvalue weighted by Crippen LogP contribution is 2.28. The standard InChI is InChI=1S/C15H10N2O2/c1-18-12-5-7-13(8-6-12)19-15-4-2-3-11(9-16)14(15)10-17/h2-8H,1H3. The summed E-state index contributed by atoms with van der Waals surface area (Å²) in [5.41, 5.74) is 0.536. The van der Waals surface area contributed by atoms with E-state index in [0.29, 0.717) is 17.1 Å². The molecule has 0 bridgehead atoms. The van der Waals surface area contributed by atoms with Gasteiger partial charge < -0.3 is 9.47 Å². The smallest absolute Gasteiger partial charge is 0.146 e. The third kappa shape index (κ3) is 2.65. The fraction of sp³-hybridized carbons (Fsp3) is 0.0667. The van der Waals surface area contributed by atoms with Crippen molar-refractivity contribution in [3.05, 3.63) is 53.6 Å². The highest BCUT2D eigenvalue weighted by molar-refractivity contribution is 5.55. The second-order valence-corrected chi connectivity index (χ2v) is 3.68. The number of nitriles is 2. The van der Waals surface area contributed by atoms with Crippen molar-refractivity contribution in [2.24, 2.45) is 0 Å². The quantitative estimate of drug-likeness (QED) is 0.838. The van der Waals surface area contributed by atoms with Crippen LogP contribution in [0.1, 0.15) is 11.1 Å². The van der Waals surface area contributed by atoms with Crippen molar-refractivity contribution in [3.63, 3.8) is 0 Å². The van der Waals surface area contributed by atoms with Crippen molar-refractivity contribution in [1.82, 2.24) is 0 Å². The molecular weight excluding hydrogens is 240 g/mol. The van der Waals surface area contributed by atoms with E-state index in [9.17, 15) is 0 Å². The monoisotopic (exact) mass is 250 g/mol. The Morgan fingerprint density at radius 2 is 1.58 bits per heavy atom. The van der Waals surface area contributed by atoms with E-state index >= 15 is 0 Å². The normalized spacial score (nSPS) is 9.21. The van der Waals surface area contributed by atoms with Crippen molar-refractivity contribution < 1.29 is 9.47 Å².